The third-order valence-electron chi connectivity index (χ3n) is 5.22. The van der Waals surface area contributed by atoms with Crippen molar-refractivity contribution in [2.75, 3.05) is 13.1 Å². The summed E-state index contributed by atoms with van der Waals surface area (Å²) in [7, 11) is 0. The maximum Gasteiger partial charge on any atom is 0.318 e. The van der Waals surface area contributed by atoms with Crippen LogP contribution in [0, 0.1) is 0 Å². The number of nitrogens with zero attached hydrogens (tertiary/aromatic N) is 2. The second kappa shape index (κ2) is 8.23. The minimum Gasteiger partial charge on any atom is -0.440 e. The molecule has 2 heterocycles. The monoisotopic (exact) mass is 412 g/mol. The molecule has 150 valence electrons. The first-order valence-corrected chi connectivity index (χ1v) is 9.84. The molecule has 1 aliphatic rings. The Bertz CT molecular complexity index is 1030. The second-order valence-corrected chi connectivity index (χ2v) is 7.58. The highest BCUT2D eigenvalue weighted by molar-refractivity contribution is 6.31. The molecule has 7 nitrogen and oxygen atoms in total. The Morgan fingerprint density at radius 1 is 1.17 bits per heavy atom. The van der Waals surface area contributed by atoms with Crippen molar-refractivity contribution in [3.8, 4) is 0 Å². The van der Waals surface area contributed by atoms with Crippen LogP contribution >= 0.6 is 11.6 Å². The highest BCUT2D eigenvalue weighted by Crippen LogP contribution is 2.34. The quantitative estimate of drug-likeness (QED) is 0.681. The van der Waals surface area contributed by atoms with E-state index in [4.69, 9.17) is 21.8 Å². The van der Waals surface area contributed by atoms with Gasteiger partial charge in [-0.3, -0.25) is 15.0 Å². The number of urea groups is 1. The van der Waals surface area contributed by atoms with Crippen molar-refractivity contribution < 1.29 is 14.0 Å². The molecule has 3 aromatic rings. The van der Waals surface area contributed by atoms with Crippen LogP contribution in [-0.2, 0) is 4.79 Å². The van der Waals surface area contributed by atoms with E-state index in [2.05, 4.69) is 15.2 Å². The maximum atomic E-state index is 12.7. The minimum absolute atomic E-state index is 0.160. The Labute approximate surface area is 172 Å². The van der Waals surface area contributed by atoms with Crippen LogP contribution in [0.25, 0.3) is 11.1 Å². The Morgan fingerprint density at radius 3 is 2.59 bits per heavy atom. The lowest BCUT2D eigenvalue weighted by atomic mass is 9.93. The average Bonchev–Trinajstić information content (AvgIpc) is 3.12. The lowest BCUT2D eigenvalue weighted by Crippen LogP contribution is -2.46. The van der Waals surface area contributed by atoms with Gasteiger partial charge >= 0.3 is 6.03 Å². The van der Waals surface area contributed by atoms with E-state index in [-0.39, 0.29) is 5.92 Å². The molecule has 4 rings (SSSR count). The third kappa shape index (κ3) is 4.26. The van der Waals surface area contributed by atoms with Gasteiger partial charge in [0.1, 0.15) is 11.6 Å². The number of carbonyl (C=O) groups excluding carboxylic acids is 2. The SMILES string of the molecule is NC(=O)NC(=O)C(c1ccccc1)N1CCC(c2nc3cc(Cl)ccc3o2)CC1. The smallest absolute Gasteiger partial charge is 0.318 e. The number of carbonyl (C=O) groups is 2. The Morgan fingerprint density at radius 2 is 1.90 bits per heavy atom. The summed E-state index contributed by atoms with van der Waals surface area (Å²) in [4.78, 5) is 30.5. The molecule has 8 heteroatoms. The van der Waals surface area contributed by atoms with E-state index in [0.29, 0.717) is 24.0 Å². The van der Waals surface area contributed by atoms with Gasteiger partial charge in [-0.1, -0.05) is 41.9 Å². The minimum atomic E-state index is -0.851. The Hall–Kier alpha value is -2.90. The number of nitrogens with two attached hydrogens (primary N) is 1. The summed E-state index contributed by atoms with van der Waals surface area (Å²) in [6.45, 7) is 1.33. The molecular formula is C21H21ClN4O3. The van der Waals surface area contributed by atoms with Crippen LogP contribution in [0.5, 0.6) is 0 Å². The molecule has 1 atom stereocenters. The van der Waals surface area contributed by atoms with E-state index in [0.717, 1.165) is 29.5 Å². The zero-order valence-corrected chi connectivity index (χ0v) is 16.4. The number of aromatic nitrogens is 1. The number of piperidine rings is 1. The first kappa shape index (κ1) is 19.4. The van der Waals surface area contributed by atoms with Crippen molar-refractivity contribution in [3.05, 3.63) is 65.0 Å². The van der Waals surface area contributed by atoms with Gasteiger partial charge in [0.2, 0.25) is 5.91 Å². The number of rotatable bonds is 4. The summed E-state index contributed by atoms with van der Waals surface area (Å²) >= 11 is 6.03. The predicted octanol–water partition coefficient (Wildman–Crippen LogP) is 3.60. The molecule has 3 amide bonds. The molecule has 2 aromatic carbocycles. The largest absolute Gasteiger partial charge is 0.440 e. The molecule has 0 spiro atoms. The molecule has 1 saturated heterocycles. The van der Waals surface area contributed by atoms with Crippen LogP contribution in [0.2, 0.25) is 5.02 Å². The van der Waals surface area contributed by atoms with Gasteiger partial charge in [0.15, 0.2) is 11.5 Å². The van der Waals surface area contributed by atoms with Crippen LogP contribution in [0.15, 0.2) is 52.9 Å². The summed E-state index contributed by atoms with van der Waals surface area (Å²) < 4.78 is 5.91. The number of imide groups is 1. The van der Waals surface area contributed by atoms with Crippen molar-refractivity contribution in [2.45, 2.75) is 24.8 Å². The summed E-state index contributed by atoms with van der Waals surface area (Å²) in [5.74, 6) is 0.437. The number of likely N-dealkylation sites (tertiary alicyclic amines) is 1. The molecule has 29 heavy (non-hydrogen) atoms. The molecule has 1 unspecified atom stereocenters. The lowest BCUT2D eigenvalue weighted by Gasteiger charge is -2.36. The molecule has 3 N–H and O–H groups in total. The Kier molecular flexibility index (Phi) is 5.51. The maximum absolute atomic E-state index is 12.7. The fourth-order valence-electron chi connectivity index (χ4n) is 3.85. The number of nitrogens with one attached hydrogen (secondary N) is 1. The fourth-order valence-corrected chi connectivity index (χ4v) is 4.02. The van der Waals surface area contributed by atoms with Crippen molar-refractivity contribution in [1.29, 1.82) is 0 Å². The average molecular weight is 413 g/mol. The van der Waals surface area contributed by atoms with Gasteiger partial charge in [0, 0.05) is 10.9 Å². The molecule has 1 aromatic heterocycles. The number of hydrogen-bond donors (Lipinski definition) is 2. The zero-order valence-electron chi connectivity index (χ0n) is 15.7. The van der Waals surface area contributed by atoms with Crippen LogP contribution in [0.1, 0.15) is 36.3 Å². The van der Waals surface area contributed by atoms with Gasteiger partial charge in [-0.05, 0) is 49.7 Å². The van der Waals surface area contributed by atoms with Crippen molar-refractivity contribution in [3.63, 3.8) is 0 Å². The number of oxazole rings is 1. The molecule has 0 saturated carbocycles. The molecule has 1 fully saturated rings. The molecule has 0 aliphatic carbocycles. The molecule has 0 radical (unpaired) electrons. The second-order valence-electron chi connectivity index (χ2n) is 7.14. The first-order valence-electron chi connectivity index (χ1n) is 9.46. The standard InChI is InChI=1S/C21H21ClN4O3/c22-15-6-7-17-16(12-15)24-20(29-17)14-8-10-26(11-9-14)18(19(27)25-21(23)28)13-4-2-1-3-5-13/h1-7,12,14,18H,8-11H2,(H3,23,25,27,28). The van der Waals surface area contributed by atoms with Crippen molar-refractivity contribution in [1.82, 2.24) is 15.2 Å². The van der Waals surface area contributed by atoms with Gasteiger partial charge < -0.3 is 10.2 Å². The first-order chi connectivity index (χ1) is 14.0. The van der Waals surface area contributed by atoms with Gasteiger partial charge in [-0.25, -0.2) is 9.78 Å². The highest BCUT2D eigenvalue weighted by atomic mass is 35.5. The van der Waals surface area contributed by atoms with E-state index < -0.39 is 18.0 Å². The number of amides is 3. The van der Waals surface area contributed by atoms with E-state index >= 15 is 0 Å². The topological polar surface area (TPSA) is 101 Å². The summed E-state index contributed by atoms with van der Waals surface area (Å²) in [5, 5.41) is 2.84. The number of benzene rings is 2. The van der Waals surface area contributed by atoms with Crippen LogP contribution in [0.4, 0.5) is 4.79 Å². The van der Waals surface area contributed by atoms with Crippen LogP contribution in [0.3, 0.4) is 0 Å². The van der Waals surface area contributed by atoms with Crippen LogP contribution < -0.4 is 11.1 Å². The third-order valence-corrected chi connectivity index (χ3v) is 5.46. The van der Waals surface area contributed by atoms with Gasteiger partial charge in [-0.2, -0.15) is 0 Å². The van der Waals surface area contributed by atoms with E-state index in [1.807, 2.05) is 36.4 Å². The Balaban J connectivity index is 1.51. The number of halogens is 1. The summed E-state index contributed by atoms with van der Waals surface area (Å²) in [5.41, 5.74) is 7.45. The van der Waals surface area contributed by atoms with Gasteiger partial charge in [0.25, 0.3) is 0 Å². The fraction of sp³-hybridized carbons (Fsp3) is 0.286. The van der Waals surface area contributed by atoms with E-state index in [9.17, 15) is 9.59 Å². The number of primary amides is 1. The molecule has 0 bridgehead atoms. The van der Waals surface area contributed by atoms with Crippen molar-refractivity contribution in [2.24, 2.45) is 5.73 Å². The molecule has 1 aliphatic heterocycles. The number of hydrogen-bond acceptors (Lipinski definition) is 5. The van der Waals surface area contributed by atoms with Gasteiger partial charge in [0.05, 0.1) is 0 Å². The van der Waals surface area contributed by atoms with Crippen molar-refractivity contribution >= 4 is 34.6 Å². The summed E-state index contributed by atoms with van der Waals surface area (Å²) in [6.07, 6.45) is 1.57. The highest BCUT2D eigenvalue weighted by Gasteiger charge is 2.33. The molecular weight excluding hydrogens is 392 g/mol. The zero-order chi connectivity index (χ0) is 20.4. The van der Waals surface area contributed by atoms with Gasteiger partial charge in [-0.15, -0.1) is 0 Å². The predicted molar refractivity (Wildman–Crippen MR) is 109 cm³/mol. The lowest BCUT2D eigenvalue weighted by molar-refractivity contribution is -0.126. The normalized spacial score (nSPS) is 16.6. The van der Waals surface area contributed by atoms with E-state index in [1.165, 1.54) is 0 Å². The number of fused-ring (bicyclic) bond motifs is 1. The van der Waals surface area contributed by atoms with Crippen LogP contribution in [-0.4, -0.2) is 34.9 Å². The summed E-state index contributed by atoms with van der Waals surface area (Å²) in [6, 6.07) is 13.3. The van der Waals surface area contributed by atoms with E-state index in [1.54, 1.807) is 12.1 Å².